The fraction of sp³-hybridized carbons (Fsp3) is 0.278. The van der Waals surface area contributed by atoms with E-state index in [1.807, 2.05) is 37.3 Å². The summed E-state index contributed by atoms with van der Waals surface area (Å²) in [6, 6.07) is 10.2. The molecule has 1 fully saturated rings. The zero-order chi connectivity index (χ0) is 17.4. The number of carbonyl (C=O) groups is 1. The number of nitrogens with one attached hydrogen (secondary N) is 3. The van der Waals surface area contributed by atoms with Crippen molar-refractivity contribution in [1.29, 1.82) is 0 Å². The van der Waals surface area contributed by atoms with Crippen molar-refractivity contribution in [3.8, 4) is 0 Å². The van der Waals surface area contributed by atoms with E-state index in [0.717, 1.165) is 34.2 Å². The van der Waals surface area contributed by atoms with Gasteiger partial charge in [-0.15, -0.1) is 0 Å². The minimum atomic E-state index is -0.0880. The number of amides is 1. The molecule has 0 radical (unpaired) electrons. The normalized spacial score (nSPS) is 13.7. The van der Waals surface area contributed by atoms with E-state index in [1.165, 1.54) is 19.8 Å². The van der Waals surface area contributed by atoms with E-state index in [4.69, 9.17) is 0 Å². The van der Waals surface area contributed by atoms with E-state index in [-0.39, 0.29) is 5.91 Å². The average molecular weight is 336 g/mol. The highest BCUT2D eigenvalue weighted by atomic mass is 16.1. The Bertz CT molecular complexity index is 944. The van der Waals surface area contributed by atoms with E-state index in [0.29, 0.717) is 6.04 Å². The van der Waals surface area contributed by atoms with Gasteiger partial charge in [-0.05, 0) is 37.5 Å². The first kappa shape index (κ1) is 15.4. The van der Waals surface area contributed by atoms with Gasteiger partial charge in [0, 0.05) is 36.5 Å². The molecule has 0 atom stereocenters. The summed E-state index contributed by atoms with van der Waals surface area (Å²) in [6.45, 7) is 3.47. The van der Waals surface area contributed by atoms with E-state index in [1.54, 1.807) is 10.7 Å². The van der Waals surface area contributed by atoms with Crippen LogP contribution in [0.3, 0.4) is 0 Å². The highest BCUT2D eigenvalue weighted by Gasteiger charge is 2.22. The van der Waals surface area contributed by atoms with Crippen LogP contribution in [0.4, 0.5) is 23.0 Å². The number of hydrogen-bond acceptors (Lipinski definition) is 5. The van der Waals surface area contributed by atoms with Crippen LogP contribution in [-0.2, 0) is 4.79 Å². The largest absolute Gasteiger partial charge is 0.367 e. The quantitative estimate of drug-likeness (QED) is 0.666. The van der Waals surface area contributed by atoms with Crippen molar-refractivity contribution in [2.75, 3.05) is 16.0 Å². The van der Waals surface area contributed by atoms with Gasteiger partial charge in [0.05, 0.1) is 6.20 Å². The Morgan fingerprint density at radius 2 is 2.08 bits per heavy atom. The molecule has 3 aromatic rings. The molecule has 1 amide bonds. The molecule has 0 saturated heterocycles. The highest BCUT2D eigenvalue weighted by molar-refractivity contribution is 5.90. The third-order valence-corrected chi connectivity index (χ3v) is 4.11. The maximum Gasteiger partial charge on any atom is 0.221 e. The minimum absolute atomic E-state index is 0.0880. The molecule has 4 rings (SSSR count). The van der Waals surface area contributed by atoms with Crippen LogP contribution in [0.15, 0.2) is 36.5 Å². The van der Waals surface area contributed by atoms with Crippen LogP contribution in [0.25, 0.3) is 5.65 Å². The van der Waals surface area contributed by atoms with E-state index in [2.05, 4.69) is 26.0 Å². The Morgan fingerprint density at radius 3 is 2.84 bits per heavy atom. The minimum Gasteiger partial charge on any atom is -0.367 e. The van der Waals surface area contributed by atoms with Crippen molar-refractivity contribution in [3.05, 3.63) is 42.1 Å². The van der Waals surface area contributed by atoms with Gasteiger partial charge >= 0.3 is 0 Å². The molecule has 25 heavy (non-hydrogen) atoms. The molecule has 3 N–H and O–H groups in total. The van der Waals surface area contributed by atoms with E-state index >= 15 is 0 Å². The van der Waals surface area contributed by atoms with Crippen molar-refractivity contribution >= 4 is 34.6 Å². The van der Waals surface area contributed by atoms with Gasteiger partial charge in [-0.25, -0.2) is 4.98 Å². The number of benzene rings is 1. The Morgan fingerprint density at radius 1 is 1.24 bits per heavy atom. The predicted molar refractivity (Wildman–Crippen MR) is 98.4 cm³/mol. The van der Waals surface area contributed by atoms with Crippen LogP contribution in [0.1, 0.15) is 25.3 Å². The molecular formula is C18H20N6O. The molecule has 128 valence electrons. The monoisotopic (exact) mass is 336 g/mol. The Kier molecular flexibility index (Phi) is 3.76. The lowest BCUT2D eigenvalue weighted by atomic mass is 10.1. The lowest BCUT2D eigenvalue weighted by molar-refractivity contribution is -0.114. The van der Waals surface area contributed by atoms with Crippen LogP contribution >= 0.6 is 0 Å². The van der Waals surface area contributed by atoms with Crippen molar-refractivity contribution < 1.29 is 4.79 Å². The van der Waals surface area contributed by atoms with Crippen LogP contribution < -0.4 is 16.0 Å². The summed E-state index contributed by atoms with van der Waals surface area (Å²) in [5.74, 6) is 1.57. The SMILES string of the molecule is CC(=O)Nc1cc(Nc2cc(NC3CC3)n3nccc3n2)ccc1C. The first-order valence-electron chi connectivity index (χ1n) is 8.35. The van der Waals surface area contributed by atoms with Crippen molar-refractivity contribution in [1.82, 2.24) is 14.6 Å². The summed E-state index contributed by atoms with van der Waals surface area (Å²) in [5, 5.41) is 14.0. The number of aromatic nitrogens is 3. The van der Waals surface area contributed by atoms with Gasteiger partial charge in [-0.1, -0.05) is 6.07 Å². The maximum absolute atomic E-state index is 11.3. The number of aryl methyl sites for hydroxylation is 1. The molecular weight excluding hydrogens is 316 g/mol. The molecule has 0 spiro atoms. The molecule has 0 unspecified atom stereocenters. The van der Waals surface area contributed by atoms with Gasteiger partial charge in [0.15, 0.2) is 5.65 Å². The Hall–Kier alpha value is -3.09. The van der Waals surface area contributed by atoms with Crippen molar-refractivity contribution in [3.63, 3.8) is 0 Å². The van der Waals surface area contributed by atoms with Crippen LogP contribution in [0.5, 0.6) is 0 Å². The third kappa shape index (κ3) is 3.40. The Labute approximate surface area is 145 Å². The lowest BCUT2D eigenvalue weighted by Crippen LogP contribution is -2.09. The molecule has 7 heteroatoms. The van der Waals surface area contributed by atoms with Gasteiger partial charge in [-0.2, -0.15) is 9.61 Å². The third-order valence-electron chi connectivity index (χ3n) is 4.11. The summed E-state index contributed by atoms with van der Waals surface area (Å²) in [7, 11) is 0. The summed E-state index contributed by atoms with van der Waals surface area (Å²) in [5.41, 5.74) is 3.45. The van der Waals surface area contributed by atoms with Crippen LogP contribution in [0, 0.1) is 6.92 Å². The van der Waals surface area contributed by atoms with E-state index < -0.39 is 0 Å². The molecule has 1 aliphatic rings. The number of carbonyl (C=O) groups excluding carboxylic acids is 1. The Balaban J connectivity index is 1.64. The summed E-state index contributed by atoms with van der Waals surface area (Å²) >= 11 is 0. The number of rotatable bonds is 5. The van der Waals surface area contributed by atoms with Gasteiger partial charge in [0.2, 0.25) is 5.91 Å². The fourth-order valence-electron chi connectivity index (χ4n) is 2.69. The second kappa shape index (κ2) is 6.08. The number of hydrogen-bond donors (Lipinski definition) is 3. The number of nitrogens with zero attached hydrogens (tertiary/aromatic N) is 3. The number of anilines is 4. The summed E-state index contributed by atoms with van der Waals surface area (Å²) in [6.07, 6.45) is 4.11. The zero-order valence-corrected chi connectivity index (χ0v) is 14.2. The topological polar surface area (TPSA) is 83.4 Å². The second-order valence-electron chi connectivity index (χ2n) is 6.38. The lowest BCUT2D eigenvalue weighted by Gasteiger charge is -2.13. The number of fused-ring (bicyclic) bond motifs is 1. The van der Waals surface area contributed by atoms with E-state index in [9.17, 15) is 4.79 Å². The zero-order valence-electron chi connectivity index (χ0n) is 14.2. The molecule has 2 aromatic heterocycles. The van der Waals surface area contributed by atoms with Crippen LogP contribution in [0.2, 0.25) is 0 Å². The molecule has 7 nitrogen and oxygen atoms in total. The van der Waals surface area contributed by atoms with Crippen LogP contribution in [-0.4, -0.2) is 26.5 Å². The summed E-state index contributed by atoms with van der Waals surface area (Å²) < 4.78 is 1.81. The summed E-state index contributed by atoms with van der Waals surface area (Å²) in [4.78, 5) is 15.9. The molecule has 1 aromatic carbocycles. The fourth-order valence-corrected chi connectivity index (χ4v) is 2.69. The van der Waals surface area contributed by atoms with Crippen molar-refractivity contribution in [2.45, 2.75) is 32.7 Å². The molecule has 1 saturated carbocycles. The first-order chi connectivity index (χ1) is 12.1. The molecule has 2 heterocycles. The molecule has 0 bridgehead atoms. The highest BCUT2D eigenvalue weighted by Crippen LogP contribution is 2.28. The smallest absolute Gasteiger partial charge is 0.221 e. The standard InChI is InChI=1S/C18H20N6O/c1-11-3-4-14(9-15(11)20-12(2)25)21-16-10-18(22-13-5-6-13)24-17(23-16)7-8-19-24/h3-4,7-10,13,22H,5-6H2,1-2H3,(H,20,25)(H,21,23). The first-order valence-corrected chi connectivity index (χ1v) is 8.35. The predicted octanol–water partition coefficient (Wildman–Crippen LogP) is 3.31. The van der Waals surface area contributed by atoms with Gasteiger partial charge in [-0.3, -0.25) is 4.79 Å². The van der Waals surface area contributed by atoms with Gasteiger partial charge in [0.1, 0.15) is 11.6 Å². The molecule has 1 aliphatic carbocycles. The van der Waals surface area contributed by atoms with Crippen molar-refractivity contribution in [2.24, 2.45) is 0 Å². The van der Waals surface area contributed by atoms with Gasteiger partial charge in [0.25, 0.3) is 0 Å². The van der Waals surface area contributed by atoms with Gasteiger partial charge < -0.3 is 16.0 Å². The maximum atomic E-state index is 11.3. The average Bonchev–Trinajstić information content (AvgIpc) is 3.24. The second-order valence-corrected chi connectivity index (χ2v) is 6.38. The molecule has 0 aliphatic heterocycles.